The number of hydrogen-bond donors (Lipinski definition) is 2. The molecule has 1 heterocycles. The third-order valence-electron chi connectivity index (χ3n) is 4.84. The zero-order chi connectivity index (χ0) is 15.2. The molecule has 0 aromatic rings. The highest BCUT2D eigenvalue weighted by Crippen LogP contribution is 2.15. The fraction of sp³-hybridized carbons (Fsp3) is 1.00. The van der Waals surface area contributed by atoms with Gasteiger partial charge in [-0.25, -0.2) is 0 Å². The first-order valence-electron chi connectivity index (χ1n) is 9.83. The summed E-state index contributed by atoms with van der Waals surface area (Å²) in [6.45, 7) is 6.99. The molecule has 0 radical (unpaired) electrons. The summed E-state index contributed by atoms with van der Waals surface area (Å²) in [6, 6.07) is 1.51. The molecule has 1 unspecified atom stereocenters. The highest BCUT2D eigenvalue weighted by molar-refractivity contribution is 4.81. The molecule has 2 heteroatoms. The van der Waals surface area contributed by atoms with Crippen molar-refractivity contribution in [3.63, 3.8) is 0 Å². The van der Waals surface area contributed by atoms with Gasteiger partial charge >= 0.3 is 0 Å². The molecule has 1 saturated heterocycles. The van der Waals surface area contributed by atoms with E-state index in [9.17, 15) is 0 Å². The predicted octanol–water partition coefficient (Wildman–Crippen LogP) is 5.03. The molecule has 1 atom stereocenters. The van der Waals surface area contributed by atoms with Crippen LogP contribution in [0.25, 0.3) is 0 Å². The molecule has 1 aliphatic rings. The Morgan fingerprint density at radius 2 is 1.43 bits per heavy atom. The van der Waals surface area contributed by atoms with Crippen LogP contribution in [-0.2, 0) is 0 Å². The van der Waals surface area contributed by atoms with Gasteiger partial charge < -0.3 is 10.6 Å². The molecule has 0 aromatic carbocycles. The maximum Gasteiger partial charge on any atom is 0.0207 e. The minimum atomic E-state index is 0.737. The second-order valence-electron chi connectivity index (χ2n) is 6.96. The highest BCUT2D eigenvalue weighted by atomic mass is 15.0. The van der Waals surface area contributed by atoms with Crippen LogP contribution >= 0.6 is 0 Å². The summed E-state index contributed by atoms with van der Waals surface area (Å²) >= 11 is 0. The van der Waals surface area contributed by atoms with Crippen molar-refractivity contribution < 1.29 is 0 Å². The van der Waals surface area contributed by atoms with Crippen LogP contribution in [0.3, 0.4) is 0 Å². The van der Waals surface area contributed by atoms with Gasteiger partial charge in [0.25, 0.3) is 0 Å². The Kier molecular flexibility index (Phi) is 12.3. The average Bonchev–Trinajstić information content (AvgIpc) is 2.99. The first-order chi connectivity index (χ1) is 10.4. The van der Waals surface area contributed by atoms with Crippen LogP contribution in [0.15, 0.2) is 0 Å². The molecule has 0 aromatic heterocycles. The van der Waals surface area contributed by atoms with Gasteiger partial charge in [-0.3, -0.25) is 0 Å². The van der Waals surface area contributed by atoms with Gasteiger partial charge in [-0.15, -0.1) is 0 Å². The number of nitrogens with one attached hydrogen (secondary N) is 2. The van der Waals surface area contributed by atoms with E-state index in [4.69, 9.17) is 0 Å². The van der Waals surface area contributed by atoms with Crippen LogP contribution in [0.1, 0.15) is 97.3 Å². The van der Waals surface area contributed by atoms with Crippen molar-refractivity contribution in [3.05, 3.63) is 0 Å². The zero-order valence-corrected chi connectivity index (χ0v) is 14.8. The highest BCUT2D eigenvalue weighted by Gasteiger charge is 2.18. The van der Waals surface area contributed by atoms with Crippen LogP contribution in [0, 0.1) is 0 Å². The number of rotatable bonds is 14. The molecule has 2 nitrogen and oxygen atoms in total. The molecule has 21 heavy (non-hydrogen) atoms. The Labute approximate surface area is 133 Å². The summed E-state index contributed by atoms with van der Waals surface area (Å²) < 4.78 is 0. The van der Waals surface area contributed by atoms with Gasteiger partial charge in [0.2, 0.25) is 0 Å². The van der Waals surface area contributed by atoms with Crippen molar-refractivity contribution in [3.8, 4) is 0 Å². The van der Waals surface area contributed by atoms with E-state index in [-0.39, 0.29) is 0 Å². The van der Waals surface area contributed by atoms with E-state index in [1.165, 1.54) is 96.6 Å². The van der Waals surface area contributed by atoms with Gasteiger partial charge in [0.05, 0.1) is 0 Å². The quantitative estimate of drug-likeness (QED) is 0.439. The Balaban J connectivity index is 2.14. The third kappa shape index (κ3) is 10.3. The van der Waals surface area contributed by atoms with Crippen molar-refractivity contribution in [2.75, 3.05) is 13.1 Å². The molecular formula is C19H40N2. The van der Waals surface area contributed by atoms with Gasteiger partial charge in [-0.1, -0.05) is 78.1 Å². The number of unbranched alkanes of at least 4 members (excludes halogenated alkanes) is 8. The lowest BCUT2D eigenvalue weighted by atomic mass is 9.99. The molecular weight excluding hydrogens is 256 g/mol. The maximum atomic E-state index is 3.94. The van der Waals surface area contributed by atoms with Gasteiger partial charge in [0.15, 0.2) is 0 Å². The second-order valence-corrected chi connectivity index (χ2v) is 6.96. The lowest BCUT2D eigenvalue weighted by Gasteiger charge is -2.23. The fourth-order valence-corrected chi connectivity index (χ4v) is 3.43. The Hall–Kier alpha value is -0.0800. The SMILES string of the molecule is CCCCCCCC(CCCCCCC)NC1CCNC1. The Morgan fingerprint density at radius 3 is 1.90 bits per heavy atom. The van der Waals surface area contributed by atoms with E-state index in [2.05, 4.69) is 24.5 Å². The minimum Gasteiger partial charge on any atom is -0.315 e. The van der Waals surface area contributed by atoms with E-state index in [0.717, 1.165) is 12.1 Å². The molecule has 0 spiro atoms. The van der Waals surface area contributed by atoms with E-state index >= 15 is 0 Å². The molecule has 1 rings (SSSR count). The largest absolute Gasteiger partial charge is 0.315 e. The summed E-state index contributed by atoms with van der Waals surface area (Å²) in [5, 5.41) is 7.42. The van der Waals surface area contributed by atoms with E-state index in [1.807, 2.05) is 0 Å². The lowest BCUT2D eigenvalue weighted by Crippen LogP contribution is -2.39. The van der Waals surface area contributed by atoms with Gasteiger partial charge in [0.1, 0.15) is 0 Å². The Morgan fingerprint density at radius 1 is 0.857 bits per heavy atom. The van der Waals surface area contributed by atoms with Gasteiger partial charge in [-0.05, 0) is 25.8 Å². The van der Waals surface area contributed by atoms with Crippen LogP contribution in [0.4, 0.5) is 0 Å². The molecule has 0 saturated carbocycles. The first kappa shape index (κ1) is 19.0. The third-order valence-corrected chi connectivity index (χ3v) is 4.84. The molecule has 0 aliphatic carbocycles. The summed E-state index contributed by atoms with van der Waals surface area (Å²) in [5.74, 6) is 0. The Bertz CT molecular complexity index is 198. The molecule has 126 valence electrons. The predicted molar refractivity (Wildman–Crippen MR) is 95.0 cm³/mol. The molecule has 2 N–H and O–H groups in total. The monoisotopic (exact) mass is 296 g/mol. The van der Waals surface area contributed by atoms with E-state index in [1.54, 1.807) is 0 Å². The van der Waals surface area contributed by atoms with Gasteiger partial charge in [0, 0.05) is 18.6 Å². The first-order valence-corrected chi connectivity index (χ1v) is 9.83. The maximum absolute atomic E-state index is 3.94. The fourth-order valence-electron chi connectivity index (χ4n) is 3.43. The second kappa shape index (κ2) is 13.6. The summed E-state index contributed by atoms with van der Waals surface area (Å²) in [6.07, 6.45) is 18.2. The van der Waals surface area contributed by atoms with Crippen molar-refractivity contribution in [1.82, 2.24) is 10.6 Å². The normalized spacial score (nSPS) is 18.7. The van der Waals surface area contributed by atoms with E-state index < -0.39 is 0 Å². The van der Waals surface area contributed by atoms with Gasteiger partial charge in [-0.2, -0.15) is 0 Å². The smallest absolute Gasteiger partial charge is 0.0207 e. The zero-order valence-electron chi connectivity index (χ0n) is 14.8. The minimum absolute atomic E-state index is 0.737. The van der Waals surface area contributed by atoms with Crippen LogP contribution in [-0.4, -0.2) is 25.2 Å². The lowest BCUT2D eigenvalue weighted by molar-refractivity contribution is 0.375. The number of hydrogen-bond acceptors (Lipinski definition) is 2. The molecule has 1 fully saturated rings. The standard InChI is InChI=1S/C19H40N2/c1-3-5-7-9-11-13-18(14-12-10-8-6-4-2)21-19-15-16-20-17-19/h18-21H,3-17H2,1-2H3. The van der Waals surface area contributed by atoms with Crippen LogP contribution in [0.2, 0.25) is 0 Å². The van der Waals surface area contributed by atoms with Crippen LogP contribution in [0.5, 0.6) is 0 Å². The molecule has 0 amide bonds. The van der Waals surface area contributed by atoms with Crippen molar-refractivity contribution in [2.24, 2.45) is 0 Å². The van der Waals surface area contributed by atoms with Crippen molar-refractivity contribution in [2.45, 2.75) is 109 Å². The molecule has 0 bridgehead atoms. The van der Waals surface area contributed by atoms with Crippen molar-refractivity contribution in [1.29, 1.82) is 0 Å². The van der Waals surface area contributed by atoms with Crippen LogP contribution < -0.4 is 10.6 Å². The van der Waals surface area contributed by atoms with E-state index in [0.29, 0.717) is 0 Å². The molecule has 1 aliphatic heterocycles. The summed E-state index contributed by atoms with van der Waals surface area (Å²) in [7, 11) is 0. The average molecular weight is 297 g/mol. The van der Waals surface area contributed by atoms with Crippen molar-refractivity contribution >= 4 is 0 Å². The topological polar surface area (TPSA) is 24.1 Å². The summed E-state index contributed by atoms with van der Waals surface area (Å²) in [4.78, 5) is 0. The summed E-state index contributed by atoms with van der Waals surface area (Å²) in [5.41, 5.74) is 0.